The zero-order chi connectivity index (χ0) is 13.8. The van der Waals surface area contributed by atoms with Gasteiger partial charge in [-0.05, 0) is 18.5 Å². The van der Waals surface area contributed by atoms with Crippen LogP contribution in [0.5, 0.6) is 0 Å². The van der Waals surface area contributed by atoms with Crippen molar-refractivity contribution in [3.05, 3.63) is 0 Å². The lowest BCUT2D eigenvalue weighted by Gasteiger charge is -2.37. The average molecular weight is 270 g/mol. The van der Waals surface area contributed by atoms with E-state index in [9.17, 15) is 4.79 Å². The molecule has 0 N–H and O–H groups in total. The third-order valence-corrected chi connectivity index (χ3v) is 4.75. The van der Waals surface area contributed by atoms with Crippen molar-refractivity contribution in [2.75, 3.05) is 32.3 Å². The van der Waals surface area contributed by atoms with E-state index in [1.165, 1.54) is 6.17 Å². The molecule has 0 aromatic rings. The Morgan fingerprint density at radius 3 is 2.11 bits per heavy atom. The Labute approximate surface area is 114 Å². The van der Waals surface area contributed by atoms with Gasteiger partial charge in [-0.25, -0.2) is 0 Å². The topological polar surface area (TPSA) is 23.6 Å². The molecule has 3 nitrogen and oxygen atoms in total. The summed E-state index contributed by atoms with van der Waals surface area (Å²) in [5.74, 6) is 0.985. The minimum Gasteiger partial charge on any atom is -0.340 e. The molecule has 106 valence electrons. The number of nitrogens with zero attached hydrogens (tertiary/aromatic N) is 2. The van der Waals surface area contributed by atoms with Crippen molar-refractivity contribution >= 4 is 14.0 Å². The van der Waals surface area contributed by atoms with Gasteiger partial charge < -0.3 is 9.80 Å². The Bertz CT molecular complexity index is 265. The zero-order valence-electron chi connectivity index (χ0n) is 12.8. The quantitative estimate of drug-likeness (QED) is 0.717. The second-order valence-electron chi connectivity index (χ2n) is 7.15. The third kappa shape index (κ3) is 6.00. The van der Waals surface area contributed by atoms with Crippen LogP contribution < -0.4 is 0 Å². The van der Waals surface area contributed by atoms with Crippen molar-refractivity contribution in [2.24, 2.45) is 5.92 Å². The summed E-state index contributed by atoms with van der Waals surface area (Å²) >= 11 is 0. The molecule has 0 saturated carbocycles. The summed E-state index contributed by atoms with van der Waals surface area (Å²) in [4.78, 5) is 16.6. The average Bonchev–Trinajstić information content (AvgIpc) is 2.24. The predicted octanol–water partition coefficient (Wildman–Crippen LogP) is 2.44. The Balaban J connectivity index is 2.28. The van der Waals surface area contributed by atoms with Crippen LogP contribution in [0.1, 0.15) is 26.7 Å². The van der Waals surface area contributed by atoms with E-state index in [4.69, 9.17) is 0 Å². The lowest BCUT2D eigenvalue weighted by molar-refractivity contribution is -0.133. The van der Waals surface area contributed by atoms with Crippen LogP contribution in [0.25, 0.3) is 0 Å². The number of hydrogen-bond acceptors (Lipinski definition) is 2. The molecule has 0 atom stereocenters. The third-order valence-electron chi connectivity index (χ3n) is 3.36. The molecule has 4 heteroatoms. The summed E-state index contributed by atoms with van der Waals surface area (Å²) in [6.07, 6.45) is 3.01. The number of carbonyl (C=O) groups is 1. The Kier molecular flexibility index (Phi) is 5.85. The monoisotopic (exact) mass is 270 g/mol. The van der Waals surface area contributed by atoms with E-state index in [2.05, 4.69) is 43.3 Å². The number of hydrogen-bond donors (Lipinski definition) is 0. The highest BCUT2D eigenvalue weighted by molar-refractivity contribution is 6.76. The first kappa shape index (κ1) is 15.7. The normalized spacial score (nSPS) is 18.4. The van der Waals surface area contributed by atoms with Crippen molar-refractivity contribution in [3.63, 3.8) is 0 Å². The standard InChI is InChI=1S/C14H30N2OSi/c1-13(2)6-7-14(17)16-10-8-15(9-11-16)12-18(3,4)5/h13H,6-12H2,1-5H3. The Morgan fingerprint density at radius 1 is 1.11 bits per heavy atom. The fourth-order valence-electron chi connectivity index (χ4n) is 2.40. The van der Waals surface area contributed by atoms with Gasteiger partial charge in [0.2, 0.25) is 5.91 Å². The van der Waals surface area contributed by atoms with E-state index >= 15 is 0 Å². The molecule has 0 spiro atoms. The van der Waals surface area contributed by atoms with Gasteiger partial charge in [-0.15, -0.1) is 0 Å². The van der Waals surface area contributed by atoms with Crippen LogP contribution in [0, 0.1) is 5.92 Å². The second-order valence-corrected chi connectivity index (χ2v) is 12.6. The van der Waals surface area contributed by atoms with Gasteiger partial charge >= 0.3 is 0 Å². The van der Waals surface area contributed by atoms with Crippen LogP contribution in [-0.2, 0) is 4.79 Å². The van der Waals surface area contributed by atoms with Crippen LogP contribution in [0.3, 0.4) is 0 Å². The van der Waals surface area contributed by atoms with Crippen molar-refractivity contribution in [2.45, 2.75) is 46.3 Å². The molecular formula is C14H30N2OSi. The predicted molar refractivity (Wildman–Crippen MR) is 80.4 cm³/mol. The van der Waals surface area contributed by atoms with E-state index < -0.39 is 8.07 Å². The molecule has 1 fully saturated rings. The van der Waals surface area contributed by atoms with Crippen molar-refractivity contribution in [1.29, 1.82) is 0 Å². The number of piperazine rings is 1. The first-order chi connectivity index (χ1) is 8.28. The molecule has 1 heterocycles. The SMILES string of the molecule is CC(C)CCC(=O)N1CCN(C[Si](C)(C)C)CC1. The summed E-state index contributed by atoms with van der Waals surface area (Å²) in [6.45, 7) is 15.6. The molecule has 1 aliphatic heterocycles. The minimum absolute atomic E-state index is 0.358. The van der Waals surface area contributed by atoms with Gasteiger partial charge in [0.05, 0.1) is 8.07 Å². The van der Waals surface area contributed by atoms with Crippen LogP contribution in [0.2, 0.25) is 19.6 Å². The lowest BCUT2D eigenvalue weighted by atomic mass is 10.1. The summed E-state index contributed by atoms with van der Waals surface area (Å²) in [6, 6.07) is 0. The van der Waals surface area contributed by atoms with E-state index in [0.717, 1.165) is 39.0 Å². The van der Waals surface area contributed by atoms with Crippen molar-refractivity contribution in [1.82, 2.24) is 9.80 Å². The molecular weight excluding hydrogens is 240 g/mol. The summed E-state index contributed by atoms with van der Waals surface area (Å²) in [5, 5.41) is 0. The first-order valence-corrected chi connectivity index (χ1v) is 11.0. The Hall–Kier alpha value is -0.353. The maximum absolute atomic E-state index is 12.0. The van der Waals surface area contributed by atoms with Crippen molar-refractivity contribution in [3.8, 4) is 0 Å². The molecule has 0 unspecified atom stereocenters. The minimum atomic E-state index is -1.00. The van der Waals surface area contributed by atoms with Crippen molar-refractivity contribution < 1.29 is 4.79 Å². The first-order valence-electron chi connectivity index (χ1n) is 7.28. The summed E-state index contributed by atoms with van der Waals surface area (Å²) < 4.78 is 0. The van der Waals surface area contributed by atoms with Crippen LogP contribution >= 0.6 is 0 Å². The number of carbonyl (C=O) groups excluding carboxylic acids is 1. The zero-order valence-corrected chi connectivity index (χ0v) is 13.8. The van der Waals surface area contributed by atoms with E-state index in [1.54, 1.807) is 0 Å². The number of rotatable bonds is 5. The van der Waals surface area contributed by atoms with Gasteiger partial charge in [0.1, 0.15) is 0 Å². The maximum Gasteiger partial charge on any atom is 0.222 e. The van der Waals surface area contributed by atoms with Gasteiger partial charge in [-0.3, -0.25) is 4.79 Å². The molecule has 0 aromatic carbocycles. The smallest absolute Gasteiger partial charge is 0.222 e. The molecule has 0 aromatic heterocycles. The van der Waals surface area contributed by atoms with Gasteiger partial charge in [-0.1, -0.05) is 33.5 Å². The van der Waals surface area contributed by atoms with Crippen LogP contribution in [-0.4, -0.2) is 56.1 Å². The maximum atomic E-state index is 12.0. The molecule has 0 aliphatic carbocycles. The fourth-order valence-corrected chi connectivity index (χ4v) is 4.05. The lowest BCUT2D eigenvalue weighted by Crippen LogP contribution is -2.52. The molecule has 1 rings (SSSR count). The fraction of sp³-hybridized carbons (Fsp3) is 0.929. The molecule has 1 amide bonds. The molecule has 0 bridgehead atoms. The molecule has 1 aliphatic rings. The van der Waals surface area contributed by atoms with E-state index in [1.807, 2.05) is 0 Å². The summed E-state index contributed by atoms with van der Waals surface area (Å²) in [7, 11) is -1.00. The number of amides is 1. The van der Waals surface area contributed by atoms with E-state index in [0.29, 0.717) is 11.8 Å². The van der Waals surface area contributed by atoms with Gasteiger partial charge in [0.15, 0.2) is 0 Å². The Morgan fingerprint density at radius 2 is 1.67 bits per heavy atom. The highest BCUT2D eigenvalue weighted by Crippen LogP contribution is 2.11. The molecule has 1 saturated heterocycles. The van der Waals surface area contributed by atoms with Gasteiger partial charge in [0, 0.05) is 32.6 Å². The van der Waals surface area contributed by atoms with Crippen LogP contribution in [0.15, 0.2) is 0 Å². The highest BCUT2D eigenvalue weighted by atomic mass is 28.3. The van der Waals surface area contributed by atoms with Gasteiger partial charge in [0.25, 0.3) is 0 Å². The largest absolute Gasteiger partial charge is 0.340 e. The second kappa shape index (κ2) is 6.71. The summed E-state index contributed by atoms with van der Waals surface area (Å²) in [5.41, 5.74) is 0. The molecule has 0 radical (unpaired) electrons. The molecule has 18 heavy (non-hydrogen) atoms. The highest BCUT2D eigenvalue weighted by Gasteiger charge is 2.24. The van der Waals surface area contributed by atoms with E-state index in [-0.39, 0.29) is 0 Å². The van der Waals surface area contributed by atoms with Gasteiger partial charge in [-0.2, -0.15) is 0 Å². The van der Waals surface area contributed by atoms with Crippen LogP contribution in [0.4, 0.5) is 0 Å².